The van der Waals surface area contributed by atoms with E-state index in [1.807, 2.05) is 0 Å². The SMILES string of the molecule is CCCCC[C@@](N)(CCN1CCCC1COC)C(=O)O. The average molecular weight is 286 g/mol. The minimum atomic E-state index is -1.07. The largest absolute Gasteiger partial charge is 0.480 e. The Bertz CT molecular complexity index is 299. The van der Waals surface area contributed by atoms with Crippen molar-refractivity contribution < 1.29 is 14.6 Å². The first-order valence-corrected chi connectivity index (χ1v) is 7.78. The lowest BCUT2D eigenvalue weighted by Gasteiger charge is -2.30. The van der Waals surface area contributed by atoms with E-state index in [1.54, 1.807) is 7.11 Å². The predicted octanol–water partition coefficient (Wildman–Crippen LogP) is 1.85. The Morgan fingerprint density at radius 2 is 2.20 bits per heavy atom. The molecule has 1 unspecified atom stereocenters. The van der Waals surface area contributed by atoms with Crippen LogP contribution in [-0.2, 0) is 9.53 Å². The average Bonchev–Trinajstić information content (AvgIpc) is 2.84. The quantitative estimate of drug-likeness (QED) is 0.599. The molecule has 5 nitrogen and oxygen atoms in total. The number of methoxy groups -OCH3 is 1. The zero-order valence-electron chi connectivity index (χ0n) is 12.9. The molecule has 20 heavy (non-hydrogen) atoms. The summed E-state index contributed by atoms with van der Waals surface area (Å²) in [5.74, 6) is -0.865. The zero-order valence-corrected chi connectivity index (χ0v) is 12.9. The van der Waals surface area contributed by atoms with E-state index in [2.05, 4.69) is 11.8 Å². The molecule has 0 amide bonds. The first-order valence-electron chi connectivity index (χ1n) is 7.78. The summed E-state index contributed by atoms with van der Waals surface area (Å²) < 4.78 is 5.23. The molecule has 0 bridgehead atoms. The van der Waals surface area contributed by atoms with Gasteiger partial charge in [-0.25, -0.2) is 0 Å². The third-order valence-corrected chi connectivity index (χ3v) is 4.36. The molecule has 0 radical (unpaired) electrons. The van der Waals surface area contributed by atoms with Gasteiger partial charge in [-0.05, 0) is 32.2 Å². The van der Waals surface area contributed by atoms with Crippen molar-refractivity contribution in [3.63, 3.8) is 0 Å². The lowest BCUT2D eigenvalue weighted by molar-refractivity contribution is -0.144. The van der Waals surface area contributed by atoms with Crippen molar-refractivity contribution in [3.8, 4) is 0 Å². The fourth-order valence-corrected chi connectivity index (χ4v) is 2.94. The van der Waals surface area contributed by atoms with Crippen molar-refractivity contribution in [1.29, 1.82) is 0 Å². The molecule has 3 N–H and O–H groups in total. The molecule has 1 heterocycles. The molecule has 0 saturated carbocycles. The Morgan fingerprint density at radius 1 is 1.45 bits per heavy atom. The van der Waals surface area contributed by atoms with Crippen molar-refractivity contribution in [2.75, 3.05) is 26.8 Å². The standard InChI is InChI=1S/C15H30N2O3/c1-3-4-5-8-15(16,14(18)19)9-11-17-10-6-7-13(17)12-20-2/h13H,3-12,16H2,1-2H3,(H,18,19)/t13?,15-/m1/s1. The Balaban J connectivity index is 2.47. The molecule has 1 aliphatic rings. The molecule has 1 saturated heterocycles. The molecule has 1 rings (SSSR count). The Labute approximate surface area is 122 Å². The van der Waals surface area contributed by atoms with Crippen LogP contribution in [0.2, 0.25) is 0 Å². The third-order valence-electron chi connectivity index (χ3n) is 4.36. The van der Waals surface area contributed by atoms with Gasteiger partial charge in [-0.15, -0.1) is 0 Å². The van der Waals surface area contributed by atoms with Crippen molar-refractivity contribution in [2.24, 2.45) is 5.73 Å². The summed E-state index contributed by atoms with van der Waals surface area (Å²) in [6.45, 7) is 4.61. The fourth-order valence-electron chi connectivity index (χ4n) is 2.94. The van der Waals surface area contributed by atoms with Gasteiger partial charge in [0.1, 0.15) is 5.54 Å². The van der Waals surface area contributed by atoms with Crippen LogP contribution in [0.1, 0.15) is 51.9 Å². The van der Waals surface area contributed by atoms with Gasteiger partial charge in [-0.3, -0.25) is 9.69 Å². The van der Waals surface area contributed by atoms with Gasteiger partial charge in [-0.1, -0.05) is 26.2 Å². The van der Waals surface area contributed by atoms with Crippen LogP contribution < -0.4 is 5.73 Å². The Hall–Kier alpha value is -0.650. The number of hydrogen-bond acceptors (Lipinski definition) is 4. The number of carboxylic acids is 1. The number of rotatable bonds is 10. The minimum Gasteiger partial charge on any atom is -0.480 e. The van der Waals surface area contributed by atoms with Crippen LogP contribution in [0, 0.1) is 0 Å². The number of nitrogens with zero attached hydrogens (tertiary/aromatic N) is 1. The van der Waals surface area contributed by atoms with Crippen LogP contribution in [0.4, 0.5) is 0 Å². The highest BCUT2D eigenvalue weighted by molar-refractivity contribution is 5.78. The Kier molecular flexibility index (Phi) is 7.48. The highest BCUT2D eigenvalue weighted by Crippen LogP contribution is 2.22. The van der Waals surface area contributed by atoms with Gasteiger partial charge in [0.25, 0.3) is 0 Å². The smallest absolute Gasteiger partial charge is 0.323 e. The summed E-state index contributed by atoms with van der Waals surface area (Å²) in [5.41, 5.74) is 5.05. The van der Waals surface area contributed by atoms with Crippen LogP contribution in [0.5, 0.6) is 0 Å². The summed E-state index contributed by atoms with van der Waals surface area (Å²) in [5, 5.41) is 9.41. The molecular formula is C15H30N2O3. The topological polar surface area (TPSA) is 75.8 Å². The molecule has 0 spiro atoms. The van der Waals surface area contributed by atoms with Crippen molar-refractivity contribution in [2.45, 2.75) is 63.5 Å². The summed E-state index contributed by atoms with van der Waals surface area (Å²) in [4.78, 5) is 13.8. The van der Waals surface area contributed by atoms with E-state index in [-0.39, 0.29) is 0 Å². The van der Waals surface area contributed by atoms with Gasteiger partial charge in [-0.2, -0.15) is 0 Å². The van der Waals surface area contributed by atoms with E-state index in [4.69, 9.17) is 10.5 Å². The third kappa shape index (κ3) is 5.04. The van der Waals surface area contributed by atoms with Gasteiger partial charge in [0.2, 0.25) is 0 Å². The molecule has 2 atom stereocenters. The molecule has 5 heteroatoms. The molecule has 0 aliphatic carbocycles. The second-order valence-electron chi connectivity index (χ2n) is 5.96. The van der Waals surface area contributed by atoms with E-state index in [9.17, 15) is 9.90 Å². The number of nitrogens with two attached hydrogens (primary N) is 1. The highest BCUT2D eigenvalue weighted by atomic mass is 16.5. The number of ether oxygens (including phenoxy) is 1. The number of carbonyl (C=O) groups is 1. The fraction of sp³-hybridized carbons (Fsp3) is 0.933. The van der Waals surface area contributed by atoms with E-state index in [0.29, 0.717) is 18.9 Å². The first kappa shape index (κ1) is 17.4. The van der Waals surface area contributed by atoms with Crippen molar-refractivity contribution in [1.82, 2.24) is 4.90 Å². The summed E-state index contributed by atoms with van der Waals surface area (Å²) >= 11 is 0. The van der Waals surface area contributed by atoms with E-state index >= 15 is 0 Å². The van der Waals surface area contributed by atoms with Crippen LogP contribution in [0.3, 0.4) is 0 Å². The number of carboxylic acid groups (broad SMARTS) is 1. The maximum absolute atomic E-state index is 11.5. The van der Waals surface area contributed by atoms with E-state index < -0.39 is 11.5 Å². The van der Waals surface area contributed by atoms with Gasteiger partial charge in [0.05, 0.1) is 6.61 Å². The Morgan fingerprint density at radius 3 is 2.80 bits per heavy atom. The molecule has 0 aromatic carbocycles. The highest BCUT2D eigenvalue weighted by Gasteiger charge is 2.35. The van der Waals surface area contributed by atoms with Crippen LogP contribution in [0.15, 0.2) is 0 Å². The lowest BCUT2D eigenvalue weighted by atomic mass is 9.89. The van der Waals surface area contributed by atoms with Crippen molar-refractivity contribution in [3.05, 3.63) is 0 Å². The monoisotopic (exact) mass is 286 g/mol. The minimum absolute atomic E-state index is 0.425. The molecule has 0 aromatic heterocycles. The lowest BCUT2D eigenvalue weighted by Crippen LogP contribution is -2.50. The molecule has 1 fully saturated rings. The second kappa shape index (κ2) is 8.60. The van der Waals surface area contributed by atoms with Gasteiger partial charge >= 0.3 is 5.97 Å². The van der Waals surface area contributed by atoms with Gasteiger partial charge in [0.15, 0.2) is 0 Å². The van der Waals surface area contributed by atoms with Crippen molar-refractivity contribution >= 4 is 5.97 Å². The van der Waals surface area contributed by atoms with Gasteiger partial charge in [0, 0.05) is 19.7 Å². The zero-order chi connectivity index (χ0) is 15.0. The molecule has 118 valence electrons. The maximum Gasteiger partial charge on any atom is 0.323 e. The second-order valence-corrected chi connectivity index (χ2v) is 5.96. The van der Waals surface area contributed by atoms with Crippen LogP contribution in [-0.4, -0.2) is 54.4 Å². The van der Waals surface area contributed by atoms with Crippen LogP contribution in [0.25, 0.3) is 0 Å². The number of aliphatic carboxylic acids is 1. The van der Waals surface area contributed by atoms with Gasteiger partial charge < -0.3 is 15.6 Å². The first-order chi connectivity index (χ1) is 9.53. The summed E-state index contributed by atoms with van der Waals surface area (Å²) in [6.07, 6.45) is 6.40. The summed E-state index contributed by atoms with van der Waals surface area (Å²) in [6, 6.07) is 0.425. The maximum atomic E-state index is 11.5. The normalized spacial score (nSPS) is 22.9. The number of likely N-dealkylation sites (tertiary alicyclic amines) is 1. The molecule has 0 aromatic rings. The number of hydrogen-bond donors (Lipinski definition) is 2. The van der Waals surface area contributed by atoms with Crippen LogP contribution >= 0.6 is 0 Å². The predicted molar refractivity (Wildman–Crippen MR) is 79.8 cm³/mol. The van der Waals surface area contributed by atoms with E-state index in [1.165, 1.54) is 0 Å². The summed E-state index contributed by atoms with van der Waals surface area (Å²) in [7, 11) is 1.71. The molecular weight excluding hydrogens is 256 g/mol. The van der Waals surface area contributed by atoms with E-state index in [0.717, 1.165) is 51.8 Å². The molecule has 1 aliphatic heterocycles. The number of unbranched alkanes of at least 4 members (excludes halogenated alkanes) is 2.